The number of halogens is 1. The summed E-state index contributed by atoms with van der Waals surface area (Å²) >= 11 is 5.82. The van der Waals surface area contributed by atoms with E-state index in [-0.39, 0.29) is 22.9 Å². The molecule has 0 radical (unpaired) electrons. The SMILES string of the molecule is CC(CCNC(=O)c1cc(O)ccc1Cl)C(=O)O. The Balaban J connectivity index is 2.55. The van der Waals surface area contributed by atoms with Crippen molar-refractivity contribution in [3.05, 3.63) is 28.8 Å². The maximum atomic E-state index is 11.7. The van der Waals surface area contributed by atoms with Crippen molar-refractivity contribution in [1.82, 2.24) is 5.32 Å². The van der Waals surface area contributed by atoms with E-state index in [4.69, 9.17) is 16.7 Å². The van der Waals surface area contributed by atoms with Crippen molar-refractivity contribution in [2.45, 2.75) is 13.3 Å². The Labute approximate surface area is 109 Å². The predicted octanol–water partition coefficient (Wildman–Crippen LogP) is 1.89. The van der Waals surface area contributed by atoms with E-state index >= 15 is 0 Å². The molecule has 1 rings (SSSR count). The van der Waals surface area contributed by atoms with E-state index in [9.17, 15) is 14.7 Å². The molecule has 0 aliphatic carbocycles. The molecule has 1 aromatic carbocycles. The van der Waals surface area contributed by atoms with Crippen LogP contribution in [0.25, 0.3) is 0 Å². The number of carbonyl (C=O) groups is 2. The van der Waals surface area contributed by atoms with Crippen LogP contribution in [-0.2, 0) is 4.79 Å². The van der Waals surface area contributed by atoms with Gasteiger partial charge in [-0.3, -0.25) is 9.59 Å². The molecule has 1 atom stereocenters. The molecular formula is C12H14ClNO4. The maximum Gasteiger partial charge on any atom is 0.306 e. The Morgan fingerprint density at radius 1 is 1.44 bits per heavy atom. The van der Waals surface area contributed by atoms with E-state index in [1.165, 1.54) is 18.2 Å². The van der Waals surface area contributed by atoms with Crippen molar-refractivity contribution in [1.29, 1.82) is 0 Å². The molecule has 0 spiro atoms. The first-order valence-electron chi connectivity index (χ1n) is 5.41. The summed E-state index contributed by atoms with van der Waals surface area (Å²) in [6, 6.07) is 4.07. The zero-order chi connectivity index (χ0) is 13.7. The molecule has 5 nitrogen and oxygen atoms in total. The van der Waals surface area contributed by atoms with Gasteiger partial charge in [-0.25, -0.2) is 0 Å². The zero-order valence-corrected chi connectivity index (χ0v) is 10.6. The summed E-state index contributed by atoms with van der Waals surface area (Å²) in [5, 5.41) is 20.7. The van der Waals surface area contributed by atoms with Crippen LogP contribution < -0.4 is 5.32 Å². The fourth-order valence-corrected chi connectivity index (χ4v) is 1.51. The number of aromatic hydroxyl groups is 1. The fourth-order valence-electron chi connectivity index (χ4n) is 1.31. The average Bonchev–Trinajstić information content (AvgIpc) is 2.31. The van der Waals surface area contributed by atoms with Gasteiger partial charge in [-0.05, 0) is 24.6 Å². The third-order valence-corrected chi connectivity index (χ3v) is 2.81. The average molecular weight is 272 g/mol. The molecule has 0 bridgehead atoms. The monoisotopic (exact) mass is 271 g/mol. The number of carboxylic acid groups (broad SMARTS) is 1. The van der Waals surface area contributed by atoms with E-state index in [0.29, 0.717) is 6.42 Å². The molecule has 6 heteroatoms. The van der Waals surface area contributed by atoms with Crippen molar-refractivity contribution in [2.24, 2.45) is 5.92 Å². The largest absolute Gasteiger partial charge is 0.508 e. The number of phenols is 1. The number of phenolic OH excluding ortho intramolecular Hbond substituents is 1. The number of benzene rings is 1. The molecule has 0 aromatic heterocycles. The van der Waals surface area contributed by atoms with Gasteiger partial charge in [0.15, 0.2) is 0 Å². The molecular weight excluding hydrogens is 258 g/mol. The van der Waals surface area contributed by atoms with Crippen LogP contribution in [0, 0.1) is 5.92 Å². The van der Waals surface area contributed by atoms with Gasteiger partial charge < -0.3 is 15.5 Å². The molecule has 0 heterocycles. The van der Waals surface area contributed by atoms with Crippen LogP contribution in [0.15, 0.2) is 18.2 Å². The Morgan fingerprint density at radius 2 is 2.11 bits per heavy atom. The van der Waals surface area contributed by atoms with Gasteiger partial charge in [0.25, 0.3) is 5.91 Å². The Bertz CT molecular complexity index is 461. The Hall–Kier alpha value is -1.75. The summed E-state index contributed by atoms with van der Waals surface area (Å²) in [6.45, 7) is 1.80. The van der Waals surface area contributed by atoms with Gasteiger partial charge in [-0.2, -0.15) is 0 Å². The minimum absolute atomic E-state index is 0.0524. The first-order valence-corrected chi connectivity index (χ1v) is 5.79. The predicted molar refractivity (Wildman–Crippen MR) is 66.9 cm³/mol. The summed E-state index contributed by atoms with van der Waals surface area (Å²) in [5.41, 5.74) is 0.166. The number of nitrogens with one attached hydrogen (secondary N) is 1. The zero-order valence-electron chi connectivity index (χ0n) is 9.81. The third-order valence-electron chi connectivity index (χ3n) is 2.48. The molecule has 1 amide bonds. The van der Waals surface area contributed by atoms with Crippen LogP contribution in [0.4, 0.5) is 0 Å². The number of aliphatic carboxylic acids is 1. The van der Waals surface area contributed by atoms with Crippen molar-refractivity contribution in [3.63, 3.8) is 0 Å². The number of hydrogen-bond acceptors (Lipinski definition) is 3. The third kappa shape index (κ3) is 3.92. The second-order valence-corrected chi connectivity index (χ2v) is 4.36. The van der Waals surface area contributed by atoms with Crippen molar-refractivity contribution >= 4 is 23.5 Å². The highest BCUT2D eigenvalue weighted by atomic mass is 35.5. The summed E-state index contributed by atoms with van der Waals surface area (Å²) in [4.78, 5) is 22.3. The van der Waals surface area contributed by atoms with Gasteiger partial charge in [0, 0.05) is 6.54 Å². The smallest absolute Gasteiger partial charge is 0.306 e. The van der Waals surface area contributed by atoms with Crippen LogP contribution in [0.3, 0.4) is 0 Å². The first-order chi connectivity index (χ1) is 8.41. The lowest BCUT2D eigenvalue weighted by atomic mass is 10.1. The topological polar surface area (TPSA) is 86.6 Å². The minimum atomic E-state index is -0.903. The van der Waals surface area contributed by atoms with E-state index in [0.717, 1.165) is 0 Å². The highest BCUT2D eigenvalue weighted by molar-refractivity contribution is 6.33. The minimum Gasteiger partial charge on any atom is -0.508 e. The lowest BCUT2D eigenvalue weighted by Gasteiger charge is -2.09. The van der Waals surface area contributed by atoms with Crippen molar-refractivity contribution in [3.8, 4) is 5.75 Å². The molecule has 18 heavy (non-hydrogen) atoms. The maximum absolute atomic E-state index is 11.7. The summed E-state index contributed by atoms with van der Waals surface area (Å²) in [5.74, 6) is -1.92. The molecule has 0 fully saturated rings. The summed E-state index contributed by atoms with van der Waals surface area (Å²) in [6.07, 6.45) is 0.331. The standard InChI is InChI=1S/C12H14ClNO4/c1-7(12(17)18)4-5-14-11(16)9-6-8(15)2-3-10(9)13/h2-3,6-7,15H,4-5H2,1H3,(H,14,16)(H,17,18). The number of amides is 1. The molecule has 3 N–H and O–H groups in total. The van der Waals surface area contributed by atoms with Gasteiger partial charge >= 0.3 is 5.97 Å². The Morgan fingerprint density at radius 3 is 2.72 bits per heavy atom. The molecule has 0 saturated carbocycles. The quantitative estimate of drug-likeness (QED) is 0.763. The number of hydrogen-bond donors (Lipinski definition) is 3. The second-order valence-electron chi connectivity index (χ2n) is 3.95. The number of carbonyl (C=O) groups excluding carboxylic acids is 1. The molecule has 1 unspecified atom stereocenters. The van der Waals surface area contributed by atoms with E-state index in [2.05, 4.69) is 5.32 Å². The van der Waals surface area contributed by atoms with E-state index < -0.39 is 17.8 Å². The molecule has 0 aliphatic rings. The Kier molecular flexibility index (Phi) is 4.97. The fraction of sp³-hybridized carbons (Fsp3) is 0.333. The van der Waals surface area contributed by atoms with Crippen LogP contribution in [0.5, 0.6) is 5.75 Å². The lowest BCUT2D eigenvalue weighted by molar-refractivity contribution is -0.141. The van der Waals surface area contributed by atoms with Crippen LogP contribution in [-0.4, -0.2) is 28.6 Å². The van der Waals surface area contributed by atoms with E-state index in [1.54, 1.807) is 6.92 Å². The molecule has 1 aromatic rings. The normalized spacial score (nSPS) is 11.9. The van der Waals surface area contributed by atoms with Gasteiger partial charge in [-0.1, -0.05) is 18.5 Å². The van der Waals surface area contributed by atoms with Crippen LogP contribution in [0.2, 0.25) is 5.02 Å². The lowest BCUT2D eigenvalue weighted by Crippen LogP contribution is -2.27. The van der Waals surface area contributed by atoms with Gasteiger partial charge in [-0.15, -0.1) is 0 Å². The summed E-state index contributed by atoms with van der Waals surface area (Å²) in [7, 11) is 0. The second kappa shape index (κ2) is 6.26. The van der Waals surface area contributed by atoms with E-state index in [1.807, 2.05) is 0 Å². The molecule has 0 aliphatic heterocycles. The van der Waals surface area contributed by atoms with Gasteiger partial charge in [0.05, 0.1) is 16.5 Å². The van der Waals surface area contributed by atoms with Crippen LogP contribution >= 0.6 is 11.6 Å². The first kappa shape index (κ1) is 14.3. The highest BCUT2D eigenvalue weighted by Gasteiger charge is 2.13. The molecule has 0 saturated heterocycles. The van der Waals surface area contributed by atoms with Gasteiger partial charge in [0.2, 0.25) is 0 Å². The summed E-state index contributed by atoms with van der Waals surface area (Å²) < 4.78 is 0. The van der Waals surface area contributed by atoms with Crippen LogP contribution in [0.1, 0.15) is 23.7 Å². The van der Waals surface area contributed by atoms with Crippen molar-refractivity contribution < 1.29 is 19.8 Å². The molecule has 98 valence electrons. The van der Waals surface area contributed by atoms with Gasteiger partial charge in [0.1, 0.15) is 5.75 Å². The number of rotatable bonds is 5. The number of carboxylic acids is 1. The highest BCUT2D eigenvalue weighted by Crippen LogP contribution is 2.20. The van der Waals surface area contributed by atoms with Crippen molar-refractivity contribution in [2.75, 3.05) is 6.54 Å².